The Hall–Kier alpha value is -0.260. The van der Waals surface area contributed by atoms with Gasteiger partial charge in [-0.2, -0.15) is 11.8 Å². The molecule has 0 amide bonds. The molecule has 0 aromatic carbocycles. The van der Waals surface area contributed by atoms with Crippen LogP contribution in [0, 0.1) is 0 Å². The second kappa shape index (κ2) is 6.07. The molecule has 3 unspecified atom stereocenters. The van der Waals surface area contributed by atoms with Crippen LogP contribution in [0.15, 0.2) is 12.3 Å². The zero-order valence-corrected chi connectivity index (χ0v) is 11.9. The molecule has 3 nitrogen and oxygen atoms in total. The van der Waals surface area contributed by atoms with Gasteiger partial charge in [-0.05, 0) is 12.6 Å². The van der Waals surface area contributed by atoms with E-state index in [1.807, 2.05) is 35.8 Å². The lowest BCUT2D eigenvalue weighted by Gasteiger charge is -2.30. The summed E-state index contributed by atoms with van der Waals surface area (Å²) in [4.78, 5) is 9.04. The van der Waals surface area contributed by atoms with Crippen LogP contribution in [-0.4, -0.2) is 32.8 Å². The van der Waals surface area contributed by atoms with Crippen molar-refractivity contribution >= 4 is 23.5 Å². The quantitative estimate of drug-likeness (QED) is 0.912. The minimum Gasteiger partial charge on any atom is -0.330 e. The average Bonchev–Trinajstić information content (AvgIpc) is 2.33. The summed E-state index contributed by atoms with van der Waals surface area (Å²) in [6.07, 6.45) is 2.70. The fourth-order valence-corrected chi connectivity index (χ4v) is 4.63. The van der Waals surface area contributed by atoms with Crippen molar-refractivity contribution in [3.05, 3.63) is 23.8 Å². The smallest absolute Gasteiger partial charge is 0.142 e. The molecule has 5 heteroatoms. The molecule has 1 aliphatic rings. The van der Waals surface area contributed by atoms with Crippen LogP contribution >= 0.6 is 23.5 Å². The molecule has 0 radical (unpaired) electrons. The molecule has 0 spiro atoms. The van der Waals surface area contributed by atoms with E-state index >= 15 is 0 Å². The summed E-state index contributed by atoms with van der Waals surface area (Å²) in [5.41, 5.74) is 6.62. The van der Waals surface area contributed by atoms with Gasteiger partial charge in [0, 0.05) is 34.6 Å². The van der Waals surface area contributed by atoms with E-state index in [0.717, 1.165) is 28.9 Å². The van der Waals surface area contributed by atoms with Gasteiger partial charge in [0.2, 0.25) is 0 Å². The Balaban J connectivity index is 2.09. The van der Waals surface area contributed by atoms with Crippen molar-refractivity contribution in [1.82, 2.24) is 9.97 Å². The summed E-state index contributed by atoms with van der Waals surface area (Å²) in [6, 6.07) is 1.96. The molecule has 0 aliphatic carbocycles. The maximum Gasteiger partial charge on any atom is 0.142 e. The zero-order valence-electron chi connectivity index (χ0n) is 10.3. The van der Waals surface area contributed by atoms with Crippen LogP contribution in [0.1, 0.15) is 30.6 Å². The van der Waals surface area contributed by atoms with Crippen LogP contribution in [0.4, 0.5) is 0 Å². The molecular weight excluding hydrogens is 250 g/mol. The topological polar surface area (TPSA) is 51.8 Å². The molecule has 2 N–H and O–H groups in total. The molecule has 94 valence electrons. The number of nitrogens with two attached hydrogens (primary N) is 1. The third kappa shape index (κ3) is 3.36. The maximum atomic E-state index is 5.56. The molecule has 17 heavy (non-hydrogen) atoms. The Morgan fingerprint density at radius 3 is 2.94 bits per heavy atom. The number of nitrogens with zero attached hydrogens (tertiary/aromatic N) is 2. The standard InChI is InChI=1S/C12H19N3S2/c1-8-9(2)17-11(7-16-8)12-14-6-4-10(15-12)3-5-13/h4,6,8-9,11H,3,5,7,13H2,1-2H3. The second-order valence-electron chi connectivity index (χ2n) is 4.31. The molecular formula is C12H19N3S2. The first kappa shape index (κ1) is 13.2. The van der Waals surface area contributed by atoms with E-state index in [-0.39, 0.29) is 0 Å². The lowest BCUT2D eigenvalue weighted by atomic mass is 10.3. The molecule has 0 saturated carbocycles. The van der Waals surface area contributed by atoms with Gasteiger partial charge in [0.1, 0.15) is 5.82 Å². The summed E-state index contributed by atoms with van der Waals surface area (Å²) in [6.45, 7) is 5.24. The molecule has 2 heterocycles. The van der Waals surface area contributed by atoms with Crippen LogP contribution in [-0.2, 0) is 6.42 Å². The minimum absolute atomic E-state index is 0.434. The number of aromatic nitrogens is 2. The highest BCUT2D eigenvalue weighted by Crippen LogP contribution is 2.43. The van der Waals surface area contributed by atoms with Gasteiger partial charge in [-0.25, -0.2) is 9.97 Å². The average molecular weight is 269 g/mol. The van der Waals surface area contributed by atoms with Gasteiger partial charge in [-0.15, -0.1) is 11.8 Å². The summed E-state index contributed by atoms with van der Waals surface area (Å²) < 4.78 is 0. The Labute approximate surface area is 111 Å². The van der Waals surface area contributed by atoms with Crippen molar-refractivity contribution in [2.75, 3.05) is 12.3 Å². The zero-order chi connectivity index (χ0) is 12.3. The molecule has 1 aliphatic heterocycles. The van der Waals surface area contributed by atoms with Gasteiger partial charge in [-0.3, -0.25) is 0 Å². The molecule has 3 atom stereocenters. The third-order valence-corrected chi connectivity index (χ3v) is 6.36. The summed E-state index contributed by atoms with van der Waals surface area (Å²) in [7, 11) is 0. The van der Waals surface area contributed by atoms with Crippen molar-refractivity contribution in [2.24, 2.45) is 5.73 Å². The Morgan fingerprint density at radius 1 is 1.41 bits per heavy atom. The van der Waals surface area contributed by atoms with E-state index in [1.165, 1.54) is 0 Å². The molecule has 1 fully saturated rings. The Bertz CT molecular complexity index is 373. The number of rotatable bonds is 3. The minimum atomic E-state index is 0.434. The highest BCUT2D eigenvalue weighted by Gasteiger charge is 2.28. The number of hydrogen-bond acceptors (Lipinski definition) is 5. The van der Waals surface area contributed by atoms with E-state index < -0.39 is 0 Å². The van der Waals surface area contributed by atoms with E-state index in [9.17, 15) is 0 Å². The predicted octanol–water partition coefficient (Wildman–Crippen LogP) is 2.28. The van der Waals surface area contributed by atoms with Crippen LogP contribution in [0.5, 0.6) is 0 Å². The van der Waals surface area contributed by atoms with E-state index in [2.05, 4.69) is 23.8 Å². The SMILES string of the molecule is CC1SCC(c2nccc(CCN)n2)SC1C. The molecule has 0 bridgehead atoms. The van der Waals surface area contributed by atoms with E-state index in [0.29, 0.717) is 17.0 Å². The van der Waals surface area contributed by atoms with Crippen LogP contribution < -0.4 is 5.73 Å². The summed E-state index contributed by atoms with van der Waals surface area (Å²) in [5, 5.41) is 1.83. The van der Waals surface area contributed by atoms with Gasteiger partial charge < -0.3 is 5.73 Å². The third-order valence-electron chi connectivity index (χ3n) is 2.97. The Morgan fingerprint density at radius 2 is 2.24 bits per heavy atom. The van der Waals surface area contributed by atoms with Crippen molar-refractivity contribution in [3.63, 3.8) is 0 Å². The molecule has 1 saturated heterocycles. The number of hydrogen-bond donors (Lipinski definition) is 1. The first-order valence-electron chi connectivity index (χ1n) is 5.99. The fraction of sp³-hybridized carbons (Fsp3) is 0.667. The van der Waals surface area contributed by atoms with Crippen LogP contribution in [0.3, 0.4) is 0 Å². The summed E-state index contributed by atoms with van der Waals surface area (Å²) >= 11 is 4.02. The first-order valence-corrected chi connectivity index (χ1v) is 7.99. The van der Waals surface area contributed by atoms with Gasteiger partial charge in [-0.1, -0.05) is 13.8 Å². The first-order chi connectivity index (χ1) is 8.20. The van der Waals surface area contributed by atoms with Crippen LogP contribution in [0.2, 0.25) is 0 Å². The Kier molecular flexibility index (Phi) is 4.70. The van der Waals surface area contributed by atoms with Crippen LogP contribution in [0.25, 0.3) is 0 Å². The number of thioether (sulfide) groups is 2. The van der Waals surface area contributed by atoms with Gasteiger partial charge in [0.25, 0.3) is 0 Å². The van der Waals surface area contributed by atoms with E-state index in [1.54, 1.807) is 0 Å². The predicted molar refractivity (Wildman–Crippen MR) is 76.5 cm³/mol. The van der Waals surface area contributed by atoms with Gasteiger partial charge in [0.15, 0.2) is 0 Å². The van der Waals surface area contributed by atoms with Crippen molar-refractivity contribution in [1.29, 1.82) is 0 Å². The molecule has 1 aromatic rings. The maximum absolute atomic E-state index is 5.56. The fourth-order valence-electron chi connectivity index (χ4n) is 1.77. The van der Waals surface area contributed by atoms with E-state index in [4.69, 9.17) is 5.73 Å². The highest BCUT2D eigenvalue weighted by molar-refractivity contribution is 8.07. The summed E-state index contributed by atoms with van der Waals surface area (Å²) in [5.74, 6) is 2.09. The van der Waals surface area contributed by atoms with Crippen molar-refractivity contribution in [2.45, 2.75) is 36.0 Å². The monoisotopic (exact) mass is 269 g/mol. The van der Waals surface area contributed by atoms with Crippen molar-refractivity contribution < 1.29 is 0 Å². The lowest BCUT2D eigenvalue weighted by Crippen LogP contribution is -2.23. The molecule has 1 aromatic heterocycles. The van der Waals surface area contributed by atoms with Gasteiger partial charge in [0.05, 0.1) is 5.25 Å². The normalized spacial score (nSPS) is 29.2. The second-order valence-corrected chi connectivity index (χ2v) is 7.31. The van der Waals surface area contributed by atoms with Gasteiger partial charge >= 0.3 is 0 Å². The van der Waals surface area contributed by atoms with Crippen molar-refractivity contribution in [3.8, 4) is 0 Å². The lowest BCUT2D eigenvalue weighted by molar-refractivity contribution is 0.828. The molecule has 2 rings (SSSR count). The largest absolute Gasteiger partial charge is 0.330 e. The highest BCUT2D eigenvalue weighted by atomic mass is 32.2.